The van der Waals surface area contributed by atoms with Crippen molar-refractivity contribution < 1.29 is 14.7 Å². The van der Waals surface area contributed by atoms with Crippen molar-refractivity contribution in [1.29, 1.82) is 0 Å². The average molecular weight is 190 g/mol. The zero-order valence-electron chi connectivity index (χ0n) is 7.34. The summed E-state index contributed by atoms with van der Waals surface area (Å²) in [6.45, 7) is 0. The highest BCUT2D eigenvalue weighted by Crippen LogP contribution is 2.15. The molecule has 14 heavy (non-hydrogen) atoms. The molecule has 0 saturated carbocycles. The molecule has 1 aliphatic rings. The summed E-state index contributed by atoms with van der Waals surface area (Å²) in [6.07, 6.45) is -0.669. The Hall–Kier alpha value is -1.84. The SMILES string of the molecule is O=C([O-])[C@H]1CC(c2ccccc2)=NO1. The molecule has 0 N–H and O–H groups in total. The van der Waals surface area contributed by atoms with Gasteiger partial charge in [0, 0.05) is 6.42 Å². The van der Waals surface area contributed by atoms with Crippen LogP contribution in [-0.4, -0.2) is 17.8 Å². The van der Waals surface area contributed by atoms with E-state index in [-0.39, 0.29) is 6.42 Å². The highest BCUT2D eigenvalue weighted by molar-refractivity contribution is 6.03. The maximum atomic E-state index is 10.5. The van der Waals surface area contributed by atoms with Crippen molar-refractivity contribution in [3.05, 3.63) is 35.9 Å². The fraction of sp³-hybridized carbons (Fsp3) is 0.200. The lowest BCUT2D eigenvalue weighted by molar-refractivity contribution is -0.315. The van der Waals surface area contributed by atoms with Crippen LogP contribution in [0.4, 0.5) is 0 Å². The molecule has 1 aromatic carbocycles. The Morgan fingerprint density at radius 1 is 1.43 bits per heavy atom. The van der Waals surface area contributed by atoms with Gasteiger partial charge in [0.05, 0.1) is 11.7 Å². The van der Waals surface area contributed by atoms with Crippen LogP contribution in [0.2, 0.25) is 0 Å². The molecule has 0 bridgehead atoms. The van der Waals surface area contributed by atoms with Gasteiger partial charge in [0.25, 0.3) is 0 Å². The second kappa shape index (κ2) is 3.49. The van der Waals surface area contributed by atoms with E-state index in [0.29, 0.717) is 5.71 Å². The number of nitrogens with zero attached hydrogens (tertiary/aromatic N) is 1. The third-order valence-corrected chi connectivity index (χ3v) is 2.04. The summed E-state index contributed by atoms with van der Waals surface area (Å²) in [6, 6.07) is 9.34. The first-order valence-corrected chi connectivity index (χ1v) is 4.26. The van der Waals surface area contributed by atoms with Crippen LogP contribution in [-0.2, 0) is 9.63 Å². The van der Waals surface area contributed by atoms with Gasteiger partial charge in [0.15, 0.2) is 6.10 Å². The minimum atomic E-state index is -1.22. The summed E-state index contributed by atoms with van der Waals surface area (Å²) >= 11 is 0. The summed E-state index contributed by atoms with van der Waals surface area (Å²) in [7, 11) is 0. The van der Waals surface area contributed by atoms with Crippen molar-refractivity contribution in [2.75, 3.05) is 0 Å². The van der Waals surface area contributed by atoms with Crippen LogP contribution in [0.5, 0.6) is 0 Å². The predicted octanol–water partition coefficient (Wildman–Crippen LogP) is -0.0705. The fourth-order valence-electron chi connectivity index (χ4n) is 1.30. The Bertz CT molecular complexity index is 372. The topological polar surface area (TPSA) is 61.7 Å². The molecule has 0 radical (unpaired) electrons. The van der Waals surface area contributed by atoms with E-state index in [1.54, 1.807) is 0 Å². The van der Waals surface area contributed by atoms with Gasteiger partial charge in [0.1, 0.15) is 0 Å². The molecule has 1 aromatic rings. The number of carboxylic acid groups (broad SMARTS) is 1. The quantitative estimate of drug-likeness (QED) is 0.655. The maximum absolute atomic E-state index is 10.5. The summed E-state index contributed by atoms with van der Waals surface area (Å²) in [5.74, 6) is -1.22. The molecule has 0 aliphatic carbocycles. The molecule has 1 heterocycles. The van der Waals surface area contributed by atoms with Crippen LogP contribution in [0.25, 0.3) is 0 Å². The molecule has 4 nitrogen and oxygen atoms in total. The van der Waals surface area contributed by atoms with Crippen LogP contribution >= 0.6 is 0 Å². The van der Waals surface area contributed by atoms with Crippen molar-refractivity contribution in [1.82, 2.24) is 0 Å². The zero-order chi connectivity index (χ0) is 9.97. The fourth-order valence-corrected chi connectivity index (χ4v) is 1.30. The Kier molecular flexibility index (Phi) is 2.18. The Morgan fingerprint density at radius 2 is 2.14 bits per heavy atom. The van der Waals surface area contributed by atoms with Gasteiger partial charge in [-0.3, -0.25) is 0 Å². The molecule has 0 spiro atoms. The number of benzene rings is 1. The number of hydrogen-bond donors (Lipinski definition) is 0. The number of rotatable bonds is 2. The van der Waals surface area contributed by atoms with Gasteiger partial charge in [-0.25, -0.2) is 0 Å². The van der Waals surface area contributed by atoms with Gasteiger partial charge in [-0.2, -0.15) is 0 Å². The number of carbonyl (C=O) groups excluding carboxylic acids is 1. The van der Waals surface area contributed by atoms with Gasteiger partial charge >= 0.3 is 0 Å². The Balaban J connectivity index is 2.13. The molecule has 4 heteroatoms. The first-order chi connectivity index (χ1) is 6.77. The first-order valence-electron chi connectivity index (χ1n) is 4.26. The van der Waals surface area contributed by atoms with Crippen LogP contribution in [0.3, 0.4) is 0 Å². The highest BCUT2D eigenvalue weighted by Gasteiger charge is 2.22. The van der Waals surface area contributed by atoms with Gasteiger partial charge in [0.2, 0.25) is 0 Å². The summed E-state index contributed by atoms with van der Waals surface area (Å²) in [5.41, 5.74) is 1.54. The van der Waals surface area contributed by atoms with E-state index >= 15 is 0 Å². The smallest absolute Gasteiger partial charge is 0.172 e. The molecule has 0 saturated heterocycles. The van der Waals surface area contributed by atoms with E-state index in [1.807, 2.05) is 30.3 Å². The van der Waals surface area contributed by atoms with Crippen LogP contribution in [0, 0.1) is 0 Å². The summed E-state index contributed by atoms with van der Waals surface area (Å²) in [4.78, 5) is 15.2. The molecular formula is C10H8NO3-. The van der Waals surface area contributed by atoms with Gasteiger partial charge in [-0.1, -0.05) is 35.5 Å². The number of oxime groups is 1. The van der Waals surface area contributed by atoms with Gasteiger partial charge < -0.3 is 14.7 Å². The minimum Gasteiger partial charge on any atom is -0.546 e. The standard InChI is InChI=1S/C10H9NO3/c12-10(13)9-6-8(11-14-9)7-4-2-1-3-5-7/h1-5,9H,6H2,(H,12,13)/p-1/t9-/m1/s1. The second-order valence-corrected chi connectivity index (χ2v) is 3.02. The normalized spacial score (nSPS) is 20.0. The average Bonchev–Trinajstić information content (AvgIpc) is 2.68. The molecule has 1 aliphatic heterocycles. The predicted molar refractivity (Wildman–Crippen MR) is 47.5 cm³/mol. The number of carbonyl (C=O) groups is 1. The number of carboxylic acids is 1. The van der Waals surface area contributed by atoms with Crippen LogP contribution < -0.4 is 5.11 Å². The lowest BCUT2D eigenvalue weighted by Crippen LogP contribution is -2.35. The Morgan fingerprint density at radius 3 is 2.71 bits per heavy atom. The molecular weight excluding hydrogens is 182 g/mol. The van der Waals surface area contributed by atoms with Gasteiger partial charge in [-0.15, -0.1) is 0 Å². The lowest BCUT2D eigenvalue weighted by Gasteiger charge is -2.07. The van der Waals surface area contributed by atoms with Crippen molar-refractivity contribution in [3.63, 3.8) is 0 Å². The van der Waals surface area contributed by atoms with E-state index in [2.05, 4.69) is 5.16 Å². The third-order valence-electron chi connectivity index (χ3n) is 2.04. The highest BCUT2D eigenvalue weighted by atomic mass is 16.7. The van der Waals surface area contributed by atoms with Crippen molar-refractivity contribution in [2.24, 2.45) is 5.16 Å². The Labute approximate surface area is 80.8 Å². The molecule has 72 valence electrons. The van der Waals surface area contributed by atoms with E-state index < -0.39 is 12.1 Å². The largest absolute Gasteiger partial charge is 0.546 e. The maximum Gasteiger partial charge on any atom is 0.172 e. The minimum absolute atomic E-state index is 0.270. The van der Waals surface area contributed by atoms with Crippen molar-refractivity contribution in [3.8, 4) is 0 Å². The van der Waals surface area contributed by atoms with E-state index in [9.17, 15) is 9.90 Å². The van der Waals surface area contributed by atoms with E-state index in [1.165, 1.54) is 0 Å². The molecule has 0 amide bonds. The van der Waals surface area contributed by atoms with Crippen molar-refractivity contribution in [2.45, 2.75) is 12.5 Å². The lowest BCUT2D eigenvalue weighted by atomic mass is 10.1. The van der Waals surface area contributed by atoms with Crippen LogP contribution in [0.15, 0.2) is 35.5 Å². The van der Waals surface area contributed by atoms with Crippen molar-refractivity contribution >= 4 is 11.7 Å². The molecule has 2 rings (SSSR count). The monoisotopic (exact) mass is 190 g/mol. The molecule has 0 aromatic heterocycles. The van der Waals surface area contributed by atoms with E-state index in [4.69, 9.17) is 4.84 Å². The summed E-state index contributed by atoms with van der Waals surface area (Å²) < 4.78 is 0. The third kappa shape index (κ3) is 1.59. The van der Waals surface area contributed by atoms with E-state index in [0.717, 1.165) is 5.56 Å². The zero-order valence-corrected chi connectivity index (χ0v) is 7.34. The summed E-state index contributed by atoms with van der Waals surface area (Å²) in [5, 5.41) is 14.2. The number of aliphatic carboxylic acids is 1. The first kappa shape index (κ1) is 8.74. The molecule has 0 fully saturated rings. The second-order valence-electron chi connectivity index (χ2n) is 3.02. The van der Waals surface area contributed by atoms with Gasteiger partial charge in [-0.05, 0) is 5.56 Å². The molecule has 1 atom stereocenters. The number of hydrogen-bond acceptors (Lipinski definition) is 4. The molecule has 0 unspecified atom stereocenters. The van der Waals surface area contributed by atoms with Crippen LogP contribution in [0.1, 0.15) is 12.0 Å².